The summed E-state index contributed by atoms with van der Waals surface area (Å²) < 4.78 is 0. The quantitative estimate of drug-likeness (QED) is 0.134. The van der Waals surface area contributed by atoms with Crippen LogP contribution < -0.4 is 10.8 Å². The Hall–Kier alpha value is -2.97. The van der Waals surface area contributed by atoms with Crippen LogP contribution in [0, 0.1) is 0 Å². The van der Waals surface area contributed by atoms with Crippen molar-refractivity contribution in [3.63, 3.8) is 0 Å². The summed E-state index contributed by atoms with van der Waals surface area (Å²) in [4.78, 5) is 17.2. The molecule has 3 aromatic rings. The summed E-state index contributed by atoms with van der Waals surface area (Å²) in [6, 6.07) is 15.1. The number of nitrogens with one attached hydrogen (secondary N) is 3. The molecule has 0 saturated carbocycles. The highest BCUT2D eigenvalue weighted by molar-refractivity contribution is 5.90. The minimum absolute atomic E-state index is 0.145. The number of nitrogens with zero attached hydrogens (tertiary/aromatic N) is 1. The fourth-order valence-corrected chi connectivity index (χ4v) is 4.76. The molecule has 0 aliphatic heterocycles. The molecule has 0 saturated heterocycles. The van der Waals surface area contributed by atoms with Crippen LogP contribution in [0.15, 0.2) is 54.7 Å². The van der Waals surface area contributed by atoms with Gasteiger partial charge in [-0.1, -0.05) is 36.4 Å². The van der Waals surface area contributed by atoms with E-state index in [0.717, 1.165) is 44.5 Å². The standard InChI is InChI=1S/C26H32N4O3/c31-16-13-27-12-15-30(14-11-21-18-28-24-4-2-1-3-22(21)24)25-9-7-20-17-19(5-8-23(20)25)6-10-26(32)29-33/h1-6,8,10,17-18,25,27-28,31,33H,7,9,11-16H2,(H,29,32). The molecule has 1 unspecified atom stereocenters. The fraction of sp³-hybridized carbons (Fsp3) is 0.346. The van der Waals surface area contributed by atoms with Crippen molar-refractivity contribution < 1.29 is 15.1 Å². The van der Waals surface area contributed by atoms with Crippen molar-refractivity contribution in [1.29, 1.82) is 0 Å². The summed E-state index contributed by atoms with van der Waals surface area (Å²) >= 11 is 0. The molecular weight excluding hydrogens is 416 g/mol. The number of hydrogen-bond acceptors (Lipinski definition) is 5. The topological polar surface area (TPSA) is 101 Å². The predicted octanol–water partition coefficient (Wildman–Crippen LogP) is 2.80. The number of carbonyl (C=O) groups is 1. The lowest BCUT2D eigenvalue weighted by Gasteiger charge is -2.30. The van der Waals surface area contributed by atoms with Gasteiger partial charge in [-0.15, -0.1) is 0 Å². The first-order valence-electron chi connectivity index (χ1n) is 11.5. The molecule has 0 bridgehead atoms. The van der Waals surface area contributed by atoms with E-state index in [0.29, 0.717) is 12.6 Å². The molecule has 5 N–H and O–H groups in total. The number of rotatable bonds is 11. The maximum absolute atomic E-state index is 11.3. The van der Waals surface area contributed by atoms with E-state index in [1.807, 2.05) is 6.07 Å². The first-order valence-corrected chi connectivity index (χ1v) is 11.5. The third-order valence-corrected chi connectivity index (χ3v) is 6.40. The molecule has 0 fully saturated rings. The van der Waals surface area contributed by atoms with E-state index in [9.17, 15) is 4.79 Å². The lowest BCUT2D eigenvalue weighted by Crippen LogP contribution is -2.36. The van der Waals surface area contributed by atoms with E-state index in [-0.39, 0.29) is 6.61 Å². The first kappa shape index (κ1) is 23.2. The van der Waals surface area contributed by atoms with Crippen LogP contribution in [0.1, 0.15) is 34.7 Å². The fourth-order valence-electron chi connectivity index (χ4n) is 4.76. The molecule has 174 valence electrons. The highest BCUT2D eigenvalue weighted by atomic mass is 16.5. The lowest BCUT2D eigenvalue weighted by atomic mass is 10.0. The molecule has 4 rings (SSSR count). The van der Waals surface area contributed by atoms with Gasteiger partial charge in [-0.25, -0.2) is 5.48 Å². The molecule has 0 spiro atoms. The normalized spacial score (nSPS) is 15.5. The van der Waals surface area contributed by atoms with Crippen molar-refractivity contribution in [2.75, 3.05) is 32.8 Å². The van der Waals surface area contributed by atoms with E-state index >= 15 is 0 Å². The van der Waals surface area contributed by atoms with Crippen LogP contribution in [0.25, 0.3) is 17.0 Å². The van der Waals surface area contributed by atoms with Crippen molar-refractivity contribution in [2.45, 2.75) is 25.3 Å². The summed E-state index contributed by atoms with van der Waals surface area (Å²) in [7, 11) is 0. The summed E-state index contributed by atoms with van der Waals surface area (Å²) in [5, 5.41) is 22.4. The molecular formula is C26H32N4O3. The Morgan fingerprint density at radius 2 is 2.06 bits per heavy atom. The molecule has 2 aromatic carbocycles. The van der Waals surface area contributed by atoms with Crippen LogP contribution in [0.4, 0.5) is 0 Å². The van der Waals surface area contributed by atoms with Crippen LogP contribution in [0.5, 0.6) is 0 Å². The van der Waals surface area contributed by atoms with Crippen LogP contribution in [0.3, 0.4) is 0 Å². The molecule has 1 heterocycles. The number of aryl methyl sites for hydroxylation is 1. The molecule has 1 aliphatic rings. The maximum Gasteiger partial charge on any atom is 0.267 e. The zero-order valence-electron chi connectivity index (χ0n) is 18.8. The Morgan fingerprint density at radius 3 is 2.91 bits per heavy atom. The summed E-state index contributed by atoms with van der Waals surface area (Å²) in [6.07, 6.45) is 8.19. The van der Waals surface area contributed by atoms with E-state index < -0.39 is 5.91 Å². The van der Waals surface area contributed by atoms with Gasteiger partial charge in [0.1, 0.15) is 0 Å². The Labute approximate surface area is 194 Å². The SMILES string of the molecule is O=C(C=Cc1ccc2c(c1)CCC2N(CCNCCO)CCc1c[nH]c2ccccc12)NO. The number of aromatic nitrogens is 1. The molecule has 7 heteroatoms. The lowest BCUT2D eigenvalue weighted by molar-refractivity contribution is -0.124. The Balaban J connectivity index is 1.49. The summed E-state index contributed by atoms with van der Waals surface area (Å²) in [5.41, 5.74) is 7.73. The van der Waals surface area contributed by atoms with Gasteiger partial charge in [0.15, 0.2) is 0 Å². The third kappa shape index (κ3) is 5.69. The minimum Gasteiger partial charge on any atom is -0.395 e. The van der Waals surface area contributed by atoms with Crippen molar-refractivity contribution >= 4 is 22.9 Å². The Morgan fingerprint density at radius 1 is 1.18 bits per heavy atom. The second-order valence-electron chi connectivity index (χ2n) is 8.44. The van der Waals surface area contributed by atoms with Crippen molar-refractivity contribution in [2.24, 2.45) is 0 Å². The largest absolute Gasteiger partial charge is 0.395 e. The highest BCUT2D eigenvalue weighted by Gasteiger charge is 2.27. The molecule has 1 aromatic heterocycles. The number of aliphatic hydroxyl groups excluding tert-OH is 1. The number of para-hydroxylation sites is 1. The number of benzene rings is 2. The van der Waals surface area contributed by atoms with Gasteiger partial charge in [0.05, 0.1) is 6.61 Å². The zero-order valence-corrected chi connectivity index (χ0v) is 18.8. The van der Waals surface area contributed by atoms with Crippen molar-refractivity contribution in [3.8, 4) is 0 Å². The highest BCUT2D eigenvalue weighted by Crippen LogP contribution is 2.36. The van der Waals surface area contributed by atoms with Gasteiger partial charge in [0.2, 0.25) is 0 Å². The monoisotopic (exact) mass is 448 g/mol. The average molecular weight is 449 g/mol. The average Bonchev–Trinajstić information content (AvgIpc) is 3.46. The summed E-state index contributed by atoms with van der Waals surface area (Å²) in [6.45, 7) is 3.44. The zero-order chi connectivity index (χ0) is 23.0. The molecule has 1 aliphatic carbocycles. The molecule has 0 radical (unpaired) electrons. The van der Waals surface area contributed by atoms with Gasteiger partial charge < -0.3 is 15.4 Å². The molecule has 33 heavy (non-hydrogen) atoms. The number of H-pyrrole nitrogens is 1. The minimum atomic E-state index is -0.535. The number of hydroxylamine groups is 1. The number of aliphatic hydroxyl groups is 1. The van der Waals surface area contributed by atoms with E-state index in [2.05, 4.69) is 57.8 Å². The van der Waals surface area contributed by atoms with Crippen molar-refractivity contribution in [1.82, 2.24) is 20.7 Å². The Kier molecular flexibility index (Phi) is 7.91. The van der Waals surface area contributed by atoms with Crippen molar-refractivity contribution in [3.05, 3.63) is 77.0 Å². The van der Waals surface area contributed by atoms with Gasteiger partial charge >= 0.3 is 0 Å². The van der Waals surface area contributed by atoms with Gasteiger partial charge in [-0.05, 0) is 53.7 Å². The number of hydrogen-bond donors (Lipinski definition) is 5. The van der Waals surface area contributed by atoms with Gasteiger partial charge in [0, 0.05) is 55.4 Å². The maximum atomic E-state index is 11.3. The first-order chi connectivity index (χ1) is 16.2. The number of fused-ring (bicyclic) bond motifs is 2. The van der Waals surface area contributed by atoms with E-state index in [1.54, 1.807) is 11.6 Å². The molecule has 7 nitrogen and oxygen atoms in total. The summed E-state index contributed by atoms with van der Waals surface area (Å²) in [5.74, 6) is -0.535. The van der Waals surface area contributed by atoms with Crippen LogP contribution in [-0.4, -0.2) is 58.9 Å². The number of aromatic amines is 1. The molecule has 1 amide bonds. The van der Waals surface area contributed by atoms with Gasteiger partial charge in [0.25, 0.3) is 5.91 Å². The second kappa shape index (κ2) is 11.2. The second-order valence-corrected chi connectivity index (χ2v) is 8.44. The number of carbonyl (C=O) groups excluding carboxylic acids is 1. The van der Waals surface area contributed by atoms with Crippen LogP contribution in [-0.2, 0) is 17.6 Å². The van der Waals surface area contributed by atoms with E-state index in [4.69, 9.17) is 10.3 Å². The Bertz CT molecular complexity index is 1110. The predicted molar refractivity (Wildman–Crippen MR) is 130 cm³/mol. The van der Waals surface area contributed by atoms with Crippen LogP contribution >= 0.6 is 0 Å². The molecule has 1 atom stereocenters. The third-order valence-electron chi connectivity index (χ3n) is 6.40. The smallest absolute Gasteiger partial charge is 0.267 e. The number of amides is 1. The van der Waals surface area contributed by atoms with Crippen LogP contribution in [0.2, 0.25) is 0 Å². The van der Waals surface area contributed by atoms with Gasteiger partial charge in [-0.2, -0.15) is 0 Å². The van der Waals surface area contributed by atoms with E-state index in [1.165, 1.54) is 33.7 Å². The van der Waals surface area contributed by atoms with Gasteiger partial charge in [-0.3, -0.25) is 14.9 Å².